The quantitative estimate of drug-likeness (QED) is 0.589. The molecule has 32 heavy (non-hydrogen) atoms. The van der Waals surface area contributed by atoms with Crippen LogP contribution in [-0.2, 0) is 21.4 Å². The summed E-state index contributed by atoms with van der Waals surface area (Å²) >= 11 is 5.94. The van der Waals surface area contributed by atoms with Gasteiger partial charge in [-0.1, -0.05) is 41.4 Å². The van der Waals surface area contributed by atoms with Gasteiger partial charge in [-0.05, 0) is 49.6 Å². The monoisotopic (exact) mass is 472 g/mol. The number of benzene rings is 2. The van der Waals surface area contributed by atoms with E-state index in [4.69, 9.17) is 11.6 Å². The Morgan fingerprint density at radius 1 is 1.06 bits per heavy atom. The highest BCUT2D eigenvalue weighted by Gasteiger charge is 2.32. The van der Waals surface area contributed by atoms with Crippen LogP contribution in [0.5, 0.6) is 0 Å². The summed E-state index contributed by atoms with van der Waals surface area (Å²) in [4.78, 5) is 13.1. The fourth-order valence-electron chi connectivity index (χ4n) is 3.77. The molecule has 3 aromatic rings. The first-order chi connectivity index (χ1) is 15.3. The lowest BCUT2D eigenvalue weighted by Gasteiger charge is -2.30. The highest BCUT2D eigenvalue weighted by molar-refractivity contribution is 7.89. The first-order valence-electron chi connectivity index (χ1n) is 10.5. The number of aromatic nitrogens is 2. The molecule has 0 aliphatic carbocycles. The third-order valence-electron chi connectivity index (χ3n) is 5.70. The summed E-state index contributed by atoms with van der Waals surface area (Å²) in [6, 6.07) is 16.1. The van der Waals surface area contributed by atoms with E-state index in [9.17, 15) is 13.2 Å². The molecule has 0 radical (unpaired) electrons. The van der Waals surface area contributed by atoms with Crippen LogP contribution in [0.3, 0.4) is 0 Å². The molecule has 1 aliphatic heterocycles. The number of carbonyl (C=O) groups is 1. The van der Waals surface area contributed by atoms with Crippen molar-refractivity contribution in [3.8, 4) is 0 Å². The molecule has 0 spiro atoms. The SMILES string of the molecule is Cc1ccc(S(=O)(=O)N2CCC(C(=O)Nc3ccnn3Cc3ccc(Cl)cc3)CC2)cc1. The van der Waals surface area contributed by atoms with Crippen LogP contribution in [0.1, 0.15) is 24.0 Å². The van der Waals surface area contributed by atoms with Crippen LogP contribution in [0, 0.1) is 12.8 Å². The van der Waals surface area contributed by atoms with Gasteiger partial charge in [0.1, 0.15) is 5.82 Å². The number of piperidine rings is 1. The Hall–Kier alpha value is -2.68. The summed E-state index contributed by atoms with van der Waals surface area (Å²) < 4.78 is 28.9. The van der Waals surface area contributed by atoms with Gasteiger partial charge in [0.05, 0.1) is 17.6 Å². The highest BCUT2D eigenvalue weighted by Crippen LogP contribution is 2.25. The van der Waals surface area contributed by atoms with Crippen molar-refractivity contribution in [1.82, 2.24) is 14.1 Å². The molecule has 1 saturated heterocycles. The van der Waals surface area contributed by atoms with E-state index in [1.165, 1.54) is 4.31 Å². The molecule has 0 unspecified atom stereocenters. The van der Waals surface area contributed by atoms with E-state index in [1.807, 2.05) is 31.2 Å². The maximum absolute atomic E-state index is 12.9. The van der Waals surface area contributed by atoms with Crippen LogP contribution in [0.15, 0.2) is 65.7 Å². The van der Waals surface area contributed by atoms with E-state index in [0.29, 0.717) is 43.3 Å². The second-order valence-corrected chi connectivity index (χ2v) is 10.4. The van der Waals surface area contributed by atoms with Crippen molar-refractivity contribution in [2.24, 2.45) is 5.92 Å². The molecule has 1 N–H and O–H groups in total. The molecule has 1 aromatic heterocycles. The molecule has 4 rings (SSSR count). The van der Waals surface area contributed by atoms with Crippen LogP contribution in [-0.4, -0.2) is 41.5 Å². The van der Waals surface area contributed by atoms with Gasteiger partial charge >= 0.3 is 0 Å². The van der Waals surface area contributed by atoms with Crippen LogP contribution in [0.2, 0.25) is 5.02 Å². The summed E-state index contributed by atoms with van der Waals surface area (Å²) in [5, 5.41) is 7.91. The molecule has 1 aliphatic rings. The van der Waals surface area contributed by atoms with Crippen LogP contribution >= 0.6 is 11.6 Å². The molecule has 0 atom stereocenters. The van der Waals surface area contributed by atoms with E-state index >= 15 is 0 Å². The third kappa shape index (κ3) is 5.03. The third-order valence-corrected chi connectivity index (χ3v) is 7.86. The molecule has 0 saturated carbocycles. The lowest BCUT2D eigenvalue weighted by atomic mass is 9.97. The molecule has 2 aromatic carbocycles. The van der Waals surface area contributed by atoms with E-state index in [0.717, 1.165) is 11.1 Å². The zero-order valence-electron chi connectivity index (χ0n) is 17.7. The molecule has 2 heterocycles. The zero-order valence-corrected chi connectivity index (χ0v) is 19.3. The Morgan fingerprint density at radius 3 is 2.38 bits per heavy atom. The molecule has 9 heteroatoms. The Labute approximate surface area is 193 Å². The summed E-state index contributed by atoms with van der Waals surface area (Å²) in [5.41, 5.74) is 2.03. The first-order valence-corrected chi connectivity index (χ1v) is 12.3. The van der Waals surface area contributed by atoms with Gasteiger partial charge in [-0.2, -0.15) is 9.40 Å². The number of hydrogen-bond acceptors (Lipinski definition) is 4. The van der Waals surface area contributed by atoms with Gasteiger partial charge in [0.15, 0.2) is 0 Å². The van der Waals surface area contributed by atoms with Crippen molar-refractivity contribution in [2.45, 2.75) is 31.2 Å². The largest absolute Gasteiger partial charge is 0.311 e. The maximum Gasteiger partial charge on any atom is 0.243 e. The number of hydrogen-bond donors (Lipinski definition) is 1. The van der Waals surface area contributed by atoms with Crippen molar-refractivity contribution >= 4 is 33.3 Å². The molecule has 0 bridgehead atoms. The van der Waals surface area contributed by atoms with E-state index < -0.39 is 10.0 Å². The molecular weight excluding hydrogens is 448 g/mol. The number of amides is 1. The topological polar surface area (TPSA) is 84.3 Å². The van der Waals surface area contributed by atoms with Crippen molar-refractivity contribution in [3.63, 3.8) is 0 Å². The number of halogens is 1. The second-order valence-electron chi connectivity index (χ2n) is 7.98. The standard InChI is InChI=1S/C23H25ClN4O3S/c1-17-2-8-21(9-3-17)32(30,31)27-14-11-19(12-15-27)23(29)26-22-10-13-25-28(22)16-18-4-6-20(24)7-5-18/h2-10,13,19H,11-12,14-16H2,1H3,(H,26,29). The number of sulfonamides is 1. The average molecular weight is 473 g/mol. The number of rotatable bonds is 6. The lowest BCUT2D eigenvalue weighted by molar-refractivity contribution is -0.121. The van der Waals surface area contributed by atoms with E-state index in [-0.39, 0.29) is 16.7 Å². The summed E-state index contributed by atoms with van der Waals surface area (Å²) in [5.74, 6) is 0.244. The average Bonchev–Trinajstić information content (AvgIpc) is 3.22. The zero-order chi connectivity index (χ0) is 22.7. The summed E-state index contributed by atoms with van der Waals surface area (Å²) in [6.45, 7) is 3.06. The number of nitrogens with zero attached hydrogens (tertiary/aromatic N) is 3. The highest BCUT2D eigenvalue weighted by atomic mass is 35.5. The predicted molar refractivity (Wildman–Crippen MR) is 124 cm³/mol. The van der Waals surface area contributed by atoms with Gasteiger partial charge in [-0.25, -0.2) is 13.1 Å². The minimum atomic E-state index is -3.54. The van der Waals surface area contributed by atoms with Gasteiger partial charge < -0.3 is 5.32 Å². The van der Waals surface area contributed by atoms with Crippen LogP contribution in [0.25, 0.3) is 0 Å². The first kappa shape index (κ1) is 22.5. The Morgan fingerprint density at radius 2 is 1.72 bits per heavy atom. The van der Waals surface area contributed by atoms with Crippen molar-refractivity contribution in [3.05, 3.63) is 76.9 Å². The van der Waals surface area contributed by atoms with Crippen molar-refractivity contribution in [2.75, 3.05) is 18.4 Å². The Bertz CT molecular complexity index is 1180. The molecule has 1 amide bonds. The molecule has 1 fully saturated rings. The summed E-state index contributed by atoms with van der Waals surface area (Å²) in [6.07, 6.45) is 2.59. The number of nitrogens with one attached hydrogen (secondary N) is 1. The fraction of sp³-hybridized carbons (Fsp3) is 0.304. The van der Waals surface area contributed by atoms with Gasteiger partial charge in [-0.3, -0.25) is 4.79 Å². The van der Waals surface area contributed by atoms with Crippen molar-refractivity contribution in [1.29, 1.82) is 0 Å². The van der Waals surface area contributed by atoms with Gasteiger partial charge in [-0.15, -0.1) is 0 Å². The maximum atomic E-state index is 12.9. The Kier molecular flexibility index (Phi) is 6.64. The van der Waals surface area contributed by atoms with Gasteiger partial charge in [0, 0.05) is 30.1 Å². The van der Waals surface area contributed by atoms with Crippen LogP contribution in [0.4, 0.5) is 5.82 Å². The van der Waals surface area contributed by atoms with Gasteiger partial charge in [0.2, 0.25) is 15.9 Å². The minimum absolute atomic E-state index is 0.116. The smallest absolute Gasteiger partial charge is 0.243 e. The van der Waals surface area contributed by atoms with Crippen LogP contribution < -0.4 is 5.32 Å². The molecular formula is C23H25ClN4O3S. The normalized spacial score (nSPS) is 15.6. The number of anilines is 1. The Balaban J connectivity index is 1.36. The van der Waals surface area contributed by atoms with E-state index in [2.05, 4.69) is 10.4 Å². The second kappa shape index (κ2) is 9.44. The van der Waals surface area contributed by atoms with Gasteiger partial charge in [0.25, 0.3) is 0 Å². The molecule has 168 valence electrons. The number of carbonyl (C=O) groups excluding carboxylic acids is 1. The fourth-order valence-corrected chi connectivity index (χ4v) is 5.37. The van der Waals surface area contributed by atoms with Crippen molar-refractivity contribution < 1.29 is 13.2 Å². The number of aryl methyl sites for hydroxylation is 1. The lowest BCUT2D eigenvalue weighted by Crippen LogP contribution is -2.41. The molecule has 7 nitrogen and oxygen atoms in total. The minimum Gasteiger partial charge on any atom is -0.311 e. The van der Waals surface area contributed by atoms with E-state index in [1.54, 1.807) is 41.2 Å². The predicted octanol–water partition coefficient (Wildman–Crippen LogP) is 3.93. The summed E-state index contributed by atoms with van der Waals surface area (Å²) in [7, 11) is -3.54.